The van der Waals surface area contributed by atoms with Gasteiger partial charge in [-0.2, -0.15) is 0 Å². The molecule has 298 valence electrons. The van der Waals surface area contributed by atoms with Crippen molar-refractivity contribution >= 4 is 41.2 Å². The number of carbonyl (C=O) groups excluding carboxylic acids is 7. The number of benzene rings is 1. The molecule has 0 radical (unpaired) electrons. The number of ketones is 3. The van der Waals surface area contributed by atoms with Gasteiger partial charge in [-0.05, 0) is 60.3 Å². The van der Waals surface area contributed by atoms with Crippen LogP contribution in [0, 0.1) is 28.6 Å². The number of ether oxygens (including phenoxy) is 1. The van der Waals surface area contributed by atoms with Gasteiger partial charge in [0.25, 0.3) is 0 Å². The van der Waals surface area contributed by atoms with Crippen molar-refractivity contribution < 1.29 is 38.3 Å². The molecule has 2 saturated carbocycles. The summed E-state index contributed by atoms with van der Waals surface area (Å²) in [5.41, 5.74) is -0.272. The van der Waals surface area contributed by atoms with Crippen molar-refractivity contribution in [2.24, 2.45) is 28.6 Å². The molecule has 12 heteroatoms. The Kier molecular flexibility index (Phi) is 14.2. The van der Waals surface area contributed by atoms with E-state index in [1.54, 1.807) is 49.3 Å². The molecule has 3 fully saturated rings. The standard InChI is InChI=1S/C42H62N4O8/c1-9-10-17-27(36(50)30(47)22-23-32(49)43-34(38(51)45(7)8)26-18-13-11-14-19-26)24-31(48)35-33-29(42(33,5)6)25-46(35)39(52)37(41(2,3)4)44-40(53)54-28-20-15-12-16-21-28/h11,13-14,18-19,27-29,33-35,37H,9-10,12,15-17,20-25H2,1-8H3,(H,43,49)(H,44,53)/t27?,29?,33?,34-,35+,37+/m0/s1. The molecular formula is C42H62N4O8. The van der Waals surface area contributed by atoms with Crippen LogP contribution >= 0.6 is 0 Å². The number of likely N-dealkylation sites (tertiary alicyclic amines) is 1. The van der Waals surface area contributed by atoms with E-state index in [1.807, 2.05) is 27.7 Å². The fourth-order valence-electron chi connectivity index (χ4n) is 8.33. The Morgan fingerprint density at radius 1 is 0.944 bits per heavy atom. The number of nitrogens with one attached hydrogen (secondary N) is 2. The molecule has 4 rings (SSSR count). The molecule has 0 bridgehead atoms. The van der Waals surface area contributed by atoms with Gasteiger partial charge in [-0.25, -0.2) is 4.79 Å². The average Bonchev–Trinajstić information content (AvgIpc) is 3.43. The second-order valence-corrected chi connectivity index (χ2v) is 17.4. The van der Waals surface area contributed by atoms with Gasteiger partial charge < -0.3 is 25.2 Å². The van der Waals surface area contributed by atoms with Gasteiger partial charge in [-0.1, -0.05) is 91.1 Å². The molecule has 6 atom stereocenters. The molecule has 3 unspecified atom stereocenters. The lowest BCUT2D eigenvalue weighted by molar-refractivity contribution is -0.145. The number of piperidine rings is 1. The molecule has 1 aliphatic heterocycles. The van der Waals surface area contributed by atoms with Gasteiger partial charge in [0.15, 0.2) is 11.6 Å². The first-order chi connectivity index (χ1) is 25.4. The smallest absolute Gasteiger partial charge is 0.408 e. The number of unbranched alkanes of at least 4 members (excludes halogenated alkanes) is 1. The number of likely N-dealkylation sites (N-methyl/N-ethyl adjacent to an activating group) is 1. The lowest BCUT2D eigenvalue weighted by atomic mass is 9.83. The Balaban J connectivity index is 1.44. The summed E-state index contributed by atoms with van der Waals surface area (Å²) in [7, 11) is 3.17. The van der Waals surface area contributed by atoms with E-state index in [0.717, 1.165) is 38.5 Å². The minimum atomic E-state index is -0.947. The molecule has 3 aliphatic rings. The van der Waals surface area contributed by atoms with Crippen LogP contribution in [-0.2, 0) is 33.5 Å². The summed E-state index contributed by atoms with van der Waals surface area (Å²) in [6, 6.07) is 6.10. The van der Waals surface area contributed by atoms with Gasteiger partial charge in [-0.15, -0.1) is 0 Å². The molecule has 1 aromatic carbocycles. The van der Waals surface area contributed by atoms with Crippen LogP contribution in [-0.4, -0.2) is 89.8 Å². The number of rotatable bonds is 17. The molecular weight excluding hydrogens is 688 g/mol. The van der Waals surface area contributed by atoms with Gasteiger partial charge in [0.1, 0.15) is 18.2 Å². The third-order valence-corrected chi connectivity index (χ3v) is 11.7. The number of nitrogens with zero attached hydrogens (tertiary/aromatic N) is 2. The monoisotopic (exact) mass is 750 g/mol. The highest BCUT2D eigenvalue weighted by atomic mass is 16.6. The minimum absolute atomic E-state index is 0.0919. The SMILES string of the molecule is CCCCC(CC(=O)[C@@H]1C2C(CN1C(=O)[C@@H](NC(=O)OC1CCCCC1)C(C)(C)C)C2(C)C)C(=O)C(=O)CCC(=O)N[C@H](C(=O)N(C)C)c1ccccc1. The Labute approximate surface area is 320 Å². The van der Waals surface area contributed by atoms with E-state index in [9.17, 15) is 33.6 Å². The Morgan fingerprint density at radius 2 is 1.59 bits per heavy atom. The fourth-order valence-corrected chi connectivity index (χ4v) is 8.33. The van der Waals surface area contributed by atoms with Crippen LogP contribution in [0.2, 0.25) is 0 Å². The molecule has 1 aromatic rings. The Bertz CT molecular complexity index is 1540. The summed E-state index contributed by atoms with van der Waals surface area (Å²) >= 11 is 0. The van der Waals surface area contributed by atoms with E-state index >= 15 is 0 Å². The van der Waals surface area contributed by atoms with E-state index in [0.29, 0.717) is 24.9 Å². The number of amides is 4. The normalized spacial score (nSPS) is 22.2. The highest BCUT2D eigenvalue weighted by Crippen LogP contribution is 2.65. The highest BCUT2D eigenvalue weighted by Gasteiger charge is 2.69. The number of hydrogen-bond acceptors (Lipinski definition) is 8. The van der Waals surface area contributed by atoms with Gasteiger partial charge in [-0.3, -0.25) is 28.8 Å². The fraction of sp³-hybridized carbons (Fsp3) is 0.690. The molecule has 12 nitrogen and oxygen atoms in total. The number of hydrogen-bond donors (Lipinski definition) is 2. The summed E-state index contributed by atoms with van der Waals surface area (Å²) in [5.74, 6) is -3.85. The summed E-state index contributed by atoms with van der Waals surface area (Å²) in [4.78, 5) is 97.5. The van der Waals surface area contributed by atoms with E-state index in [2.05, 4.69) is 24.5 Å². The summed E-state index contributed by atoms with van der Waals surface area (Å²) in [6.45, 7) is 12.1. The largest absolute Gasteiger partial charge is 0.446 e. The zero-order chi connectivity index (χ0) is 40.0. The maximum atomic E-state index is 14.3. The van der Waals surface area contributed by atoms with Crippen molar-refractivity contribution in [3.63, 3.8) is 0 Å². The molecule has 1 heterocycles. The molecule has 2 N–H and O–H groups in total. The topological polar surface area (TPSA) is 159 Å². The maximum absolute atomic E-state index is 14.3. The zero-order valence-corrected chi connectivity index (χ0v) is 33.6. The lowest BCUT2D eigenvalue weighted by Gasteiger charge is -2.38. The number of carbonyl (C=O) groups is 7. The lowest BCUT2D eigenvalue weighted by Crippen LogP contribution is -2.58. The minimum Gasteiger partial charge on any atom is -0.446 e. The molecule has 0 spiro atoms. The van der Waals surface area contributed by atoms with Gasteiger partial charge in [0.2, 0.25) is 23.5 Å². The Hall–Kier alpha value is -4.09. The van der Waals surface area contributed by atoms with Crippen LogP contribution in [0.1, 0.15) is 124 Å². The van der Waals surface area contributed by atoms with Crippen molar-refractivity contribution in [3.05, 3.63) is 35.9 Å². The Morgan fingerprint density at radius 3 is 2.19 bits per heavy atom. The molecule has 0 aromatic heterocycles. The van der Waals surface area contributed by atoms with Crippen LogP contribution in [0.4, 0.5) is 4.79 Å². The van der Waals surface area contributed by atoms with E-state index < -0.39 is 53.0 Å². The van der Waals surface area contributed by atoms with Crippen molar-refractivity contribution in [2.75, 3.05) is 20.6 Å². The molecule has 1 saturated heterocycles. The van der Waals surface area contributed by atoms with Gasteiger partial charge in [0, 0.05) is 45.8 Å². The van der Waals surface area contributed by atoms with Crippen molar-refractivity contribution in [1.82, 2.24) is 20.4 Å². The van der Waals surface area contributed by atoms with Crippen LogP contribution < -0.4 is 10.6 Å². The molecule has 54 heavy (non-hydrogen) atoms. The van der Waals surface area contributed by atoms with Crippen LogP contribution in [0.5, 0.6) is 0 Å². The molecule has 2 aliphatic carbocycles. The third kappa shape index (κ3) is 10.4. The highest BCUT2D eigenvalue weighted by molar-refractivity contribution is 6.38. The number of Topliss-reactive ketones (excluding diaryl/α,β-unsaturated/α-hetero) is 3. The maximum Gasteiger partial charge on any atom is 0.408 e. The first-order valence-corrected chi connectivity index (χ1v) is 19.8. The zero-order valence-electron chi connectivity index (χ0n) is 33.6. The second kappa shape index (κ2) is 18.0. The first kappa shape index (κ1) is 42.6. The predicted octanol–water partition coefficient (Wildman–Crippen LogP) is 5.57. The van der Waals surface area contributed by atoms with Crippen LogP contribution in [0.25, 0.3) is 0 Å². The first-order valence-electron chi connectivity index (χ1n) is 19.8. The summed E-state index contributed by atoms with van der Waals surface area (Å²) in [5, 5.41) is 5.54. The number of alkyl carbamates (subject to hydrolysis) is 1. The summed E-state index contributed by atoms with van der Waals surface area (Å²) in [6.07, 6.45) is 4.70. The van der Waals surface area contributed by atoms with Gasteiger partial charge in [0.05, 0.1) is 6.04 Å². The average molecular weight is 751 g/mol. The number of fused-ring (bicyclic) bond motifs is 1. The molecule has 4 amide bonds. The van der Waals surface area contributed by atoms with Crippen molar-refractivity contribution in [1.29, 1.82) is 0 Å². The van der Waals surface area contributed by atoms with Crippen LogP contribution in [0.3, 0.4) is 0 Å². The predicted molar refractivity (Wildman–Crippen MR) is 204 cm³/mol. The third-order valence-electron chi connectivity index (χ3n) is 11.7. The second-order valence-electron chi connectivity index (χ2n) is 17.4. The summed E-state index contributed by atoms with van der Waals surface area (Å²) < 4.78 is 5.70. The van der Waals surface area contributed by atoms with Crippen LogP contribution in [0.15, 0.2) is 30.3 Å². The van der Waals surface area contributed by atoms with Gasteiger partial charge >= 0.3 is 6.09 Å². The quantitative estimate of drug-likeness (QED) is 0.196. The van der Waals surface area contributed by atoms with Crippen molar-refractivity contribution in [2.45, 2.75) is 136 Å². The van der Waals surface area contributed by atoms with Crippen molar-refractivity contribution in [3.8, 4) is 0 Å². The van der Waals surface area contributed by atoms with E-state index in [-0.39, 0.29) is 60.2 Å². The van der Waals surface area contributed by atoms with E-state index in [1.165, 1.54) is 4.90 Å². The van der Waals surface area contributed by atoms with E-state index in [4.69, 9.17) is 4.74 Å².